The van der Waals surface area contributed by atoms with Gasteiger partial charge >= 0.3 is 5.97 Å². The summed E-state index contributed by atoms with van der Waals surface area (Å²) in [5, 5.41) is 0.137. The quantitative estimate of drug-likeness (QED) is 0.667. The van der Waals surface area contributed by atoms with E-state index in [1.807, 2.05) is 0 Å². The summed E-state index contributed by atoms with van der Waals surface area (Å²) in [5.41, 5.74) is 5.72. The number of ether oxygens (including phenoxy) is 1. The molecule has 0 atom stereocenters. The van der Waals surface area contributed by atoms with Crippen molar-refractivity contribution in [1.29, 1.82) is 0 Å². The molecule has 0 bridgehead atoms. The number of carbonyl (C=O) groups excluding carboxylic acids is 1. The van der Waals surface area contributed by atoms with Crippen molar-refractivity contribution < 1.29 is 9.53 Å². The van der Waals surface area contributed by atoms with Crippen molar-refractivity contribution >= 4 is 23.4 Å². The first-order chi connectivity index (χ1) is 8.65. The number of hydrogen-bond donors (Lipinski definition) is 1. The minimum absolute atomic E-state index is 0.0144. The molecular weight excluding hydrogens is 256 g/mol. The summed E-state index contributed by atoms with van der Waals surface area (Å²) in [4.78, 5) is 23.3. The maximum absolute atomic E-state index is 11.7. The van der Waals surface area contributed by atoms with Crippen molar-refractivity contribution in [2.75, 3.05) is 5.73 Å². The number of pyridine rings is 1. The molecule has 18 heavy (non-hydrogen) atoms. The van der Waals surface area contributed by atoms with Gasteiger partial charge in [0.25, 0.3) is 0 Å². The van der Waals surface area contributed by atoms with Crippen LogP contribution in [0.1, 0.15) is 16.2 Å². The van der Waals surface area contributed by atoms with E-state index < -0.39 is 5.97 Å². The molecule has 0 saturated carbocycles. The second kappa shape index (κ2) is 5.42. The number of nitrogens with two attached hydrogens (primary N) is 1. The highest BCUT2D eigenvalue weighted by Crippen LogP contribution is 2.13. The van der Waals surface area contributed by atoms with Gasteiger partial charge in [-0.05, 0) is 18.2 Å². The fourth-order valence-corrected chi connectivity index (χ4v) is 1.47. The maximum Gasteiger partial charge on any atom is 0.338 e. The first kappa shape index (κ1) is 12.3. The van der Waals surface area contributed by atoms with E-state index in [1.54, 1.807) is 18.5 Å². The van der Waals surface area contributed by atoms with Crippen LogP contribution in [-0.2, 0) is 11.3 Å². The highest BCUT2D eigenvalue weighted by atomic mass is 35.5. The lowest BCUT2D eigenvalue weighted by molar-refractivity contribution is 0.0462. The Bertz CT molecular complexity index is 542. The second-order valence-electron chi connectivity index (χ2n) is 3.34. The molecule has 0 amide bonds. The maximum atomic E-state index is 11.7. The van der Waals surface area contributed by atoms with Gasteiger partial charge in [-0.15, -0.1) is 0 Å². The van der Waals surface area contributed by atoms with Gasteiger partial charge in [0.1, 0.15) is 11.0 Å². The molecule has 2 aromatic heterocycles. The van der Waals surface area contributed by atoms with Crippen molar-refractivity contribution in [3.63, 3.8) is 0 Å². The summed E-state index contributed by atoms with van der Waals surface area (Å²) in [6.07, 6.45) is 3.13. The molecule has 0 aromatic carbocycles. The topological polar surface area (TPSA) is 91.0 Å². The lowest BCUT2D eigenvalue weighted by atomic mass is 10.2. The van der Waals surface area contributed by atoms with E-state index in [1.165, 1.54) is 12.1 Å². The van der Waals surface area contributed by atoms with Crippen LogP contribution < -0.4 is 5.73 Å². The van der Waals surface area contributed by atoms with Gasteiger partial charge in [0.05, 0.1) is 5.56 Å². The van der Waals surface area contributed by atoms with Crippen molar-refractivity contribution in [2.45, 2.75) is 6.61 Å². The SMILES string of the molecule is Nc1cc(C(=O)OCc2ncccn2)cc(Cl)n1. The van der Waals surface area contributed by atoms with Gasteiger partial charge in [-0.1, -0.05) is 11.6 Å². The minimum atomic E-state index is -0.557. The zero-order valence-electron chi connectivity index (χ0n) is 9.21. The second-order valence-corrected chi connectivity index (χ2v) is 3.73. The number of nitrogen functional groups attached to an aromatic ring is 1. The Balaban J connectivity index is 2.04. The summed E-state index contributed by atoms with van der Waals surface area (Å²) in [6.45, 7) is -0.0144. The van der Waals surface area contributed by atoms with Crippen LogP contribution in [0.2, 0.25) is 5.15 Å². The largest absolute Gasteiger partial charge is 0.454 e. The summed E-state index contributed by atoms with van der Waals surface area (Å²) in [5.74, 6) is 0.0165. The molecule has 2 heterocycles. The average molecular weight is 265 g/mol. The van der Waals surface area contributed by atoms with Gasteiger partial charge in [0.2, 0.25) is 0 Å². The van der Waals surface area contributed by atoms with E-state index in [-0.39, 0.29) is 23.1 Å². The van der Waals surface area contributed by atoms with E-state index >= 15 is 0 Å². The number of hydrogen-bond acceptors (Lipinski definition) is 6. The number of aromatic nitrogens is 3. The number of esters is 1. The Labute approximate surface area is 108 Å². The van der Waals surface area contributed by atoms with Crippen LogP contribution in [0.3, 0.4) is 0 Å². The molecule has 2 N–H and O–H groups in total. The molecule has 0 radical (unpaired) electrons. The number of anilines is 1. The molecule has 92 valence electrons. The van der Waals surface area contributed by atoms with Gasteiger partial charge in [0, 0.05) is 12.4 Å². The third-order valence-electron chi connectivity index (χ3n) is 2.00. The Morgan fingerprint density at radius 3 is 2.72 bits per heavy atom. The zero-order valence-corrected chi connectivity index (χ0v) is 9.96. The lowest BCUT2D eigenvalue weighted by Crippen LogP contribution is -2.08. The molecule has 6 nitrogen and oxygen atoms in total. The minimum Gasteiger partial charge on any atom is -0.454 e. The molecule has 0 saturated heterocycles. The number of carbonyl (C=O) groups is 1. The first-order valence-electron chi connectivity index (χ1n) is 5.01. The predicted octanol–water partition coefficient (Wildman–Crippen LogP) is 1.46. The lowest BCUT2D eigenvalue weighted by Gasteiger charge is -2.04. The average Bonchev–Trinajstić information content (AvgIpc) is 2.36. The van der Waals surface area contributed by atoms with Crippen LogP contribution in [0.4, 0.5) is 5.82 Å². The molecule has 0 fully saturated rings. The van der Waals surface area contributed by atoms with Crippen LogP contribution in [0.25, 0.3) is 0 Å². The number of nitrogens with zero attached hydrogens (tertiary/aromatic N) is 3. The molecular formula is C11H9ClN4O2. The number of rotatable bonds is 3. The first-order valence-corrected chi connectivity index (χ1v) is 5.39. The van der Waals surface area contributed by atoms with Crippen molar-refractivity contribution in [2.24, 2.45) is 0 Å². The van der Waals surface area contributed by atoms with Crippen molar-refractivity contribution in [3.8, 4) is 0 Å². The van der Waals surface area contributed by atoms with E-state index in [2.05, 4.69) is 15.0 Å². The summed E-state index contributed by atoms with van der Waals surface area (Å²) in [6, 6.07) is 4.45. The van der Waals surface area contributed by atoms with E-state index in [9.17, 15) is 4.79 Å². The zero-order chi connectivity index (χ0) is 13.0. The highest BCUT2D eigenvalue weighted by molar-refractivity contribution is 6.29. The van der Waals surface area contributed by atoms with Crippen LogP contribution in [0, 0.1) is 0 Å². The molecule has 7 heteroatoms. The number of halogens is 1. The monoisotopic (exact) mass is 264 g/mol. The van der Waals surface area contributed by atoms with E-state index in [0.29, 0.717) is 5.82 Å². The van der Waals surface area contributed by atoms with Crippen molar-refractivity contribution in [1.82, 2.24) is 15.0 Å². The van der Waals surface area contributed by atoms with Crippen LogP contribution in [-0.4, -0.2) is 20.9 Å². The van der Waals surface area contributed by atoms with Crippen LogP contribution in [0.15, 0.2) is 30.6 Å². The van der Waals surface area contributed by atoms with Crippen molar-refractivity contribution in [3.05, 3.63) is 47.1 Å². The van der Waals surface area contributed by atoms with E-state index in [4.69, 9.17) is 22.1 Å². The molecule has 0 spiro atoms. The van der Waals surface area contributed by atoms with Gasteiger partial charge < -0.3 is 10.5 Å². The summed E-state index contributed by atoms with van der Waals surface area (Å²) >= 11 is 5.69. The Kier molecular flexibility index (Phi) is 3.69. The fraction of sp³-hybridized carbons (Fsp3) is 0.0909. The third-order valence-corrected chi connectivity index (χ3v) is 2.19. The third kappa shape index (κ3) is 3.14. The Hall–Kier alpha value is -2.21. The molecule has 2 aromatic rings. The standard InChI is InChI=1S/C11H9ClN4O2/c12-8-4-7(5-9(13)16-8)11(17)18-6-10-14-2-1-3-15-10/h1-5H,6H2,(H2,13,16). The smallest absolute Gasteiger partial charge is 0.338 e. The summed E-state index contributed by atoms with van der Waals surface area (Å²) < 4.78 is 5.02. The summed E-state index contributed by atoms with van der Waals surface area (Å²) in [7, 11) is 0. The Morgan fingerprint density at radius 2 is 2.06 bits per heavy atom. The van der Waals surface area contributed by atoms with Crippen LogP contribution >= 0.6 is 11.6 Å². The van der Waals surface area contributed by atoms with Gasteiger partial charge in [-0.3, -0.25) is 0 Å². The molecule has 0 unspecified atom stereocenters. The van der Waals surface area contributed by atoms with Crippen LogP contribution in [0.5, 0.6) is 0 Å². The normalized spacial score (nSPS) is 10.1. The molecule has 0 aliphatic heterocycles. The Morgan fingerprint density at radius 1 is 1.33 bits per heavy atom. The fourth-order valence-electron chi connectivity index (χ4n) is 1.25. The predicted molar refractivity (Wildman–Crippen MR) is 64.8 cm³/mol. The highest BCUT2D eigenvalue weighted by Gasteiger charge is 2.10. The van der Waals surface area contributed by atoms with Gasteiger partial charge in [-0.25, -0.2) is 19.7 Å². The molecule has 2 rings (SSSR count). The van der Waals surface area contributed by atoms with E-state index in [0.717, 1.165) is 0 Å². The van der Waals surface area contributed by atoms with Gasteiger partial charge in [0.15, 0.2) is 12.4 Å². The molecule has 0 aliphatic rings. The molecule has 0 aliphatic carbocycles. The van der Waals surface area contributed by atoms with Gasteiger partial charge in [-0.2, -0.15) is 0 Å².